The predicted octanol–water partition coefficient (Wildman–Crippen LogP) is 4.97. The van der Waals surface area contributed by atoms with Gasteiger partial charge >= 0.3 is 34.9 Å². The van der Waals surface area contributed by atoms with Crippen LogP contribution in [-0.2, 0) is 38.9 Å². The number of hydrogen-bond donors (Lipinski definition) is 2. The summed E-state index contributed by atoms with van der Waals surface area (Å²) < 4.78 is 6.45. The van der Waals surface area contributed by atoms with E-state index in [-0.39, 0.29) is 34.9 Å². The first-order valence-corrected chi connectivity index (χ1v) is 18.2. The van der Waals surface area contributed by atoms with Crippen LogP contribution in [0.2, 0.25) is 0 Å². The van der Waals surface area contributed by atoms with Crippen molar-refractivity contribution in [2.45, 2.75) is 38.4 Å². The number of halogens is 2. The predicted molar refractivity (Wildman–Crippen MR) is 214 cm³/mol. The Kier molecular flexibility index (Phi) is 20.0. The molecule has 0 aliphatic carbocycles. The van der Waals surface area contributed by atoms with Crippen molar-refractivity contribution >= 4 is 66.8 Å². The Bertz CT molecular complexity index is 2250. The van der Waals surface area contributed by atoms with Gasteiger partial charge in [0.15, 0.2) is 12.7 Å². The molecular formula is C28H36Br2N18O12. The second-order valence-corrected chi connectivity index (χ2v) is 12.4. The summed E-state index contributed by atoms with van der Waals surface area (Å²) in [5.74, 6) is -0.358. The Morgan fingerprint density at radius 1 is 0.467 bits per heavy atom. The fourth-order valence-electron chi connectivity index (χ4n) is 3.90. The number of imidazole rings is 6. The summed E-state index contributed by atoms with van der Waals surface area (Å²) in [5.41, 5.74) is 3.14. The molecule has 0 bridgehead atoms. The van der Waals surface area contributed by atoms with Crippen molar-refractivity contribution in [3.63, 3.8) is 0 Å². The zero-order valence-electron chi connectivity index (χ0n) is 32.7. The van der Waals surface area contributed by atoms with Gasteiger partial charge in [-0.1, -0.05) is 31.9 Å². The zero-order valence-corrected chi connectivity index (χ0v) is 35.9. The molecular weight excluding hydrogens is 940 g/mol. The largest absolute Gasteiger partial charge is 0.385 e. The number of nitrogens with zero attached hydrogens (tertiary/aromatic N) is 16. The number of rotatable bonds is 8. The van der Waals surface area contributed by atoms with Crippen LogP contribution in [-0.4, -0.2) is 87.7 Å². The summed E-state index contributed by atoms with van der Waals surface area (Å²) in [6, 6.07) is 0. The van der Waals surface area contributed by atoms with Crippen molar-refractivity contribution in [2.75, 3.05) is 0 Å². The highest BCUT2D eigenvalue weighted by molar-refractivity contribution is 9.08. The van der Waals surface area contributed by atoms with Gasteiger partial charge in [-0.2, -0.15) is 0 Å². The molecule has 32 heteroatoms. The smallest absolute Gasteiger partial charge is 0.358 e. The number of H-pyrrole nitrogens is 2. The van der Waals surface area contributed by atoms with Crippen LogP contribution in [0.3, 0.4) is 0 Å². The third-order valence-electron chi connectivity index (χ3n) is 7.40. The third-order valence-corrected chi connectivity index (χ3v) is 8.46. The maximum atomic E-state index is 10.3. The van der Waals surface area contributed by atoms with Crippen molar-refractivity contribution < 1.29 is 29.5 Å². The molecule has 0 atom stereocenters. The molecule has 0 aromatic carbocycles. The second kappa shape index (κ2) is 23.8. The lowest BCUT2D eigenvalue weighted by atomic mass is 10.5. The van der Waals surface area contributed by atoms with Crippen LogP contribution in [0.1, 0.15) is 34.2 Å². The molecule has 0 aliphatic rings. The molecule has 30 nitrogen and oxygen atoms in total. The number of aromatic nitrogens is 12. The van der Waals surface area contributed by atoms with E-state index in [4.69, 9.17) is 0 Å². The van der Waals surface area contributed by atoms with Crippen LogP contribution >= 0.6 is 31.9 Å². The number of hydrogen-bond acceptors (Lipinski definition) is 18. The topological polar surface area (TPSA) is 387 Å². The van der Waals surface area contributed by atoms with Crippen molar-refractivity contribution in [3.05, 3.63) is 133 Å². The van der Waals surface area contributed by atoms with Crippen LogP contribution in [0.15, 0.2) is 38.0 Å². The minimum Gasteiger partial charge on any atom is -0.358 e. The molecule has 0 spiro atoms. The van der Waals surface area contributed by atoms with Gasteiger partial charge in [-0.15, -0.1) is 0 Å². The zero-order chi connectivity index (χ0) is 46.0. The van der Waals surface area contributed by atoms with Crippen LogP contribution < -0.4 is 0 Å². The van der Waals surface area contributed by atoms with E-state index in [1.165, 1.54) is 38.0 Å². The molecule has 0 aliphatic heterocycles. The first-order chi connectivity index (χ1) is 28.0. The van der Waals surface area contributed by atoms with Crippen LogP contribution in [0.4, 0.5) is 34.9 Å². The van der Waals surface area contributed by atoms with E-state index in [2.05, 4.69) is 71.7 Å². The van der Waals surface area contributed by atoms with Gasteiger partial charge < -0.3 is 79.0 Å². The summed E-state index contributed by atoms with van der Waals surface area (Å²) in [4.78, 5) is 84.5. The number of nitrogens with one attached hydrogen (secondary N) is 2. The van der Waals surface area contributed by atoms with Gasteiger partial charge in [0, 0.05) is 28.2 Å². The Labute approximate surface area is 352 Å². The van der Waals surface area contributed by atoms with Gasteiger partial charge in [0.25, 0.3) is 0 Å². The molecule has 324 valence electrons. The van der Waals surface area contributed by atoms with E-state index in [9.17, 15) is 60.7 Å². The molecule has 0 unspecified atom stereocenters. The molecule has 0 radical (unpaired) electrons. The minimum absolute atomic E-state index is 0.0324. The molecule has 6 aromatic heterocycles. The molecule has 0 saturated heterocycles. The fourth-order valence-corrected chi connectivity index (χ4v) is 5.19. The third kappa shape index (κ3) is 14.5. The van der Waals surface area contributed by atoms with Gasteiger partial charge in [-0.25, -0.2) is 19.9 Å². The van der Waals surface area contributed by atoms with Crippen LogP contribution in [0.25, 0.3) is 0 Å². The first-order valence-electron chi connectivity index (χ1n) is 16.0. The molecule has 0 fully saturated rings. The van der Waals surface area contributed by atoms with E-state index < -0.39 is 29.5 Å². The lowest BCUT2D eigenvalue weighted by Crippen LogP contribution is -1.96. The molecule has 2 N–H and O–H groups in total. The maximum absolute atomic E-state index is 10.3. The summed E-state index contributed by atoms with van der Waals surface area (Å²) in [6.07, 6.45) is 8.30. The number of nitro groups is 6. The Balaban J connectivity index is 0.000000361. The minimum atomic E-state index is -0.498. The highest BCUT2D eigenvalue weighted by Crippen LogP contribution is 2.19. The van der Waals surface area contributed by atoms with E-state index in [0.717, 1.165) is 0 Å². The number of alkyl halides is 2. The maximum Gasteiger partial charge on any atom is 0.385 e. The Morgan fingerprint density at radius 3 is 0.867 bits per heavy atom. The number of aromatic amines is 2. The standard InChI is InChI=1S/2C5H6BrN3O2.2C5H7N3O2.2C4H5N3O2/c2*1-8-3-7-5(9(10)11)4(8)2-6;2*1-4-5(8(9)10)6-3-7(4)2;2*1-3-4(7(8)9)6-2-5-3/h2*3H,2H2,1H3;2*3H,1-2H3;2*2H,1H3,(H,5,6). The lowest BCUT2D eigenvalue weighted by Gasteiger charge is -1.94. The van der Waals surface area contributed by atoms with Gasteiger partial charge in [0.2, 0.25) is 25.3 Å². The summed E-state index contributed by atoms with van der Waals surface area (Å²) in [7, 11) is 6.87. The highest BCUT2D eigenvalue weighted by Gasteiger charge is 2.19. The van der Waals surface area contributed by atoms with Gasteiger partial charge in [0.05, 0.1) is 10.7 Å². The summed E-state index contributed by atoms with van der Waals surface area (Å²) in [6.45, 7) is 6.47. The van der Waals surface area contributed by atoms with Crippen molar-refractivity contribution in [1.29, 1.82) is 0 Å². The monoisotopic (exact) mass is 974 g/mol. The Morgan fingerprint density at radius 2 is 0.733 bits per heavy atom. The highest BCUT2D eigenvalue weighted by atomic mass is 79.9. The normalized spacial score (nSPS) is 9.77. The van der Waals surface area contributed by atoms with Crippen molar-refractivity contribution in [1.82, 2.24) is 58.1 Å². The van der Waals surface area contributed by atoms with E-state index in [1.807, 2.05) is 0 Å². The van der Waals surface area contributed by atoms with Crippen molar-refractivity contribution in [2.24, 2.45) is 28.2 Å². The fraction of sp³-hybridized carbons (Fsp3) is 0.357. The van der Waals surface area contributed by atoms with Gasteiger partial charge in [0.1, 0.15) is 34.2 Å². The lowest BCUT2D eigenvalue weighted by molar-refractivity contribution is -0.390. The summed E-state index contributed by atoms with van der Waals surface area (Å²) in [5, 5.41) is 61.9. The average Bonchev–Trinajstić information content (AvgIpc) is 4.04. The average molecular weight is 977 g/mol. The van der Waals surface area contributed by atoms with E-state index >= 15 is 0 Å². The second-order valence-electron chi connectivity index (χ2n) is 11.3. The molecule has 60 heavy (non-hydrogen) atoms. The SMILES string of the molecule is Cc1c([N+](=O)[O-])ncn1C.Cc1c([N+](=O)[O-])ncn1C.Cc1nc[nH]c1[N+](=O)[O-].Cc1nc[nH]c1[N+](=O)[O-].Cn1cnc([N+](=O)[O-])c1CBr.Cn1cnc([N+](=O)[O-])c1CBr. The quantitative estimate of drug-likeness (QED) is 0.115. The van der Waals surface area contributed by atoms with E-state index in [1.54, 1.807) is 74.2 Å². The first kappa shape index (κ1) is 50.6. The number of aryl methyl sites for hydroxylation is 6. The molecule has 6 rings (SSSR count). The molecule has 0 saturated carbocycles. The molecule has 6 heterocycles. The molecule has 6 aromatic rings. The van der Waals surface area contributed by atoms with Crippen LogP contribution in [0.5, 0.6) is 0 Å². The van der Waals surface area contributed by atoms with Gasteiger partial charge in [-0.05, 0) is 77.2 Å². The Hall–Kier alpha value is -7.38. The van der Waals surface area contributed by atoms with Crippen molar-refractivity contribution in [3.8, 4) is 0 Å². The summed E-state index contributed by atoms with van der Waals surface area (Å²) >= 11 is 6.28. The van der Waals surface area contributed by atoms with E-state index in [0.29, 0.717) is 44.8 Å². The molecule has 0 amide bonds. The van der Waals surface area contributed by atoms with Crippen LogP contribution in [0, 0.1) is 88.4 Å². The van der Waals surface area contributed by atoms with Gasteiger partial charge in [-0.3, -0.25) is 0 Å².